The molecule has 0 saturated heterocycles. The highest BCUT2D eigenvalue weighted by atomic mass is 16.5. The maximum absolute atomic E-state index is 11.4. The molecule has 1 unspecified atom stereocenters. The van der Waals surface area contributed by atoms with E-state index in [-0.39, 0.29) is 12.1 Å². The fourth-order valence-corrected chi connectivity index (χ4v) is 1.24. The van der Waals surface area contributed by atoms with Gasteiger partial charge in [-0.25, -0.2) is 4.79 Å². The van der Waals surface area contributed by atoms with Gasteiger partial charge in [0.2, 0.25) is 0 Å². The van der Waals surface area contributed by atoms with Gasteiger partial charge in [0.1, 0.15) is 5.69 Å². The van der Waals surface area contributed by atoms with Gasteiger partial charge in [-0.2, -0.15) is 0 Å². The highest BCUT2D eigenvalue weighted by molar-refractivity contribution is 5.88. The number of hydrogen-bond acceptors (Lipinski definition) is 3. The molecule has 0 amide bonds. The van der Waals surface area contributed by atoms with Gasteiger partial charge in [0.25, 0.3) is 0 Å². The first-order chi connectivity index (χ1) is 6.63. The molecule has 0 aliphatic heterocycles. The van der Waals surface area contributed by atoms with Crippen LogP contribution < -0.4 is 5.73 Å². The Morgan fingerprint density at radius 2 is 2.43 bits per heavy atom. The third kappa shape index (κ3) is 2.80. The number of anilines is 1. The Hall–Kier alpha value is -1.45. The summed E-state index contributed by atoms with van der Waals surface area (Å²) in [5, 5.41) is 0. The Kier molecular flexibility index (Phi) is 3.56. The Morgan fingerprint density at radius 1 is 1.71 bits per heavy atom. The summed E-state index contributed by atoms with van der Waals surface area (Å²) >= 11 is 0. The molecule has 3 N–H and O–H groups in total. The van der Waals surface area contributed by atoms with Crippen molar-refractivity contribution in [2.75, 3.05) is 5.73 Å². The Morgan fingerprint density at radius 3 is 2.93 bits per heavy atom. The molecule has 1 atom stereocenters. The van der Waals surface area contributed by atoms with E-state index in [0.29, 0.717) is 11.4 Å². The fraction of sp³-hybridized carbons (Fsp3) is 0.500. The number of nitrogens with one attached hydrogen (secondary N) is 1. The summed E-state index contributed by atoms with van der Waals surface area (Å²) in [5.74, 6) is -0.345. The van der Waals surface area contributed by atoms with Gasteiger partial charge in [0.05, 0.1) is 11.8 Å². The molecule has 1 heterocycles. The van der Waals surface area contributed by atoms with Crippen molar-refractivity contribution in [3.05, 3.63) is 18.0 Å². The van der Waals surface area contributed by atoms with Crippen LogP contribution in [0.4, 0.5) is 5.69 Å². The quantitative estimate of drug-likeness (QED) is 0.723. The summed E-state index contributed by atoms with van der Waals surface area (Å²) in [5.41, 5.74) is 6.42. The average molecular weight is 196 g/mol. The number of esters is 1. The summed E-state index contributed by atoms with van der Waals surface area (Å²) in [7, 11) is 0. The molecule has 0 aliphatic carbocycles. The van der Waals surface area contributed by atoms with E-state index in [1.54, 1.807) is 12.3 Å². The van der Waals surface area contributed by atoms with Crippen molar-refractivity contribution < 1.29 is 9.53 Å². The zero-order valence-corrected chi connectivity index (χ0v) is 8.54. The second-order valence-corrected chi connectivity index (χ2v) is 3.35. The maximum Gasteiger partial charge on any atom is 0.355 e. The lowest BCUT2D eigenvalue weighted by Crippen LogP contribution is -2.14. The number of rotatable bonds is 4. The number of carbonyl (C=O) groups excluding carboxylic acids is 1. The summed E-state index contributed by atoms with van der Waals surface area (Å²) in [6.45, 7) is 3.94. The zero-order valence-electron chi connectivity index (χ0n) is 8.54. The molecule has 0 bridgehead atoms. The molecule has 0 aliphatic rings. The van der Waals surface area contributed by atoms with Crippen LogP contribution in [0.2, 0.25) is 0 Å². The number of carbonyl (C=O) groups is 1. The van der Waals surface area contributed by atoms with Gasteiger partial charge in [-0.15, -0.1) is 0 Å². The average Bonchev–Trinajstić information content (AvgIpc) is 2.52. The van der Waals surface area contributed by atoms with Crippen molar-refractivity contribution in [2.45, 2.75) is 32.8 Å². The molecule has 1 rings (SSSR count). The number of nitrogens with two attached hydrogens (primary N) is 1. The second kappa shape index (κ2) is 4.69. The minimum atomic E-state index is -0.345. The summed E-state index contributed by atoms with van der Waals surface area (Å²) in [6.07, 6.45) is 3.40. The van der Waals surface area contributed by atoms with Crippen LogP contribution in [0.25, 0.3) is 0 Å². The normalized spacial score (nSPS) is 12.4. The SMILES string of the molecule is CCCC(C)OC(=O)c1cc(N)c[nH]1. The Balaban J connectivity index is 2.50. The molecule has 4 heteroatoms. The van der Waals surface area contributed by atoms with Gasteiger partial charge in [-0.3, -0.25) is 0 Å². The molecule has 1 aromatic heterocycles. The second-order valence-electron chi connectivity index (χ2n) is 3.35. The largest absolute Gasteiger partial charge is 0.458 e. The van der Waals surface area contributed by atoms with Gasteiger partial charge in [0.15, 0.2) is 0 Å². The Bertz CT molecular complexity index is 307. The van der Waals surface area contributed by atoms with Crippen LogP contribution in [0.5, 0.6) is 0 Å². The number of aromatic amines is 1. The number of H-pyrrole nitrogens is 1. The van der Waals surface area contributed by atoms with E-state index in [9.17, 15) is 4.79 Å². The third-order valence-electron chi connectivity index (χ3n) is 1.93. The first-order valence-corrected chi connectivity index (χ1v) is 4.78. The standard InChI is InChI=1S/C10H16N2O2/c1-3-4-7(2)14-10(13)9-5-8(11)6-12-9/h5-7,12H,3-4,11H2,1-2H3. The zero-order chi connectivity index (χ0) is 10.6. The molecule has 0 spiro atoms. The monoisotopic (exact) mass is 196 g/mol. The molecule has 0 fully saturated rings. The fourth-order valence-electron chi connectivity index (χ4n) is 1.24. The minimum absolute atomic E-state index is 0.0444. The van der Waals surface area contributed by atoms with Crippen molar-refractivity contribution in [1.82, 2.24) is 4.98 Å². The molecular weight excluding hydrogens is 180 g/mol. The van der Waals surface area contributed by atoms with Crippen LogP contribution in [0.15, 0.2) is 12.3 Å². The van der Waals surface area contributed by atoms with Gasteiger partial charge in [-0.05, 0) is 19.4 Å². The third-order valence-corrected chi connectivity index (χ3v) is 1.93. The smallest absolute Gasteiger partial charge is 0.355 e. The molecule has 0 radical (unpaired) electrons. The number of ether oxygens (including phenoxy) is 1. The van der Waals surface area contributed by atoms with Crippen LogP contribution in [-0.2, 0) is 4.74 Å². The van der Waals surface area contributed by atoms with Gasteiger partial charge in [0, 0.05) is 6.20 Å². The molecule has 4 nitrogen and oxygen atoms in total. The summed E-state index contributed by atoms with van der Waals surface area (Å²) in [4.78, 5) is 14.2. The van der Waals surface area contributed by atoms with E-state index in [1.807, 2.05) is 6.92 Å². The Labute approximate surface area is 83.4 Å². The van der Waals surface area contributed by atoms with E-state index >= 15 is 0 Å². The van der Waals surface area contributed by atoms with Crippen molar-refractivity contribution >= 4 is 11.7 Å². The predicted molar refractivity (Wildman–Crippen MR) is 55.0 cm³/mol. The van der Waals surface area contributed by atoms with E-state index in [2.05, 4.69) is 11.9 Å². The number of hydrogen-bond donors (Lipinski definition) is 2. The van der Waals surface area contributed by atoms with Crippen LogP contribution in [-0.4, -0.2) is 17.1 Å². The first kappa shape index (κ1) is 10.6. The highest BCUT2D eigenvalue weighted by Crippen LogP contribution is 2.09. The van der Waals surface area contributed by atoms with E-state index in [4.69, 9.17) is 10.5 Å². The first-order valence-electron chi connectivity index (χ1n) is 4.78. The van der Waals surface area contributed by atoms with E-state index in [0.717, 1.165) is 12.8 Å². The van der Waals surface area contributed by atoms with Crippen molar-refractivity contribution in [2.24, 2.45) is 0 Å². The van der Waals surface area contributed by atoms with Gasteiger partial charge in [-0.1, -0.05) is 13.3 Å². The van der Waals surface area contributed by atoms with Crippen LogP contribution in [0.1, 0.15) is 37.2 Å². The molecule has 78 valence electrons. The lowest BCUT2D eigenvalue weighted by Gasteiger charge is -2.10. The van der Waals surface area contributed by atoms with Crippen molar-refractivity contribution in [3.63, 3.8) is 0 Å². The van der Waals surface area contributed by atoms with Gasteiger partial charge >= 0.3 is 5.97 Å². The molecule has 0 aromatic carbocycles. The van der Waals surface area contributed by atoms with E-state index in [1.165, 1.54) is 0 Å². The van der Waals surface area contributed by atoms with Gasteiger partial charge < -0.3 is 15.5 Å². The van der Waals surface area contributed by atoms with E-state index < -0.39 is 0 Å². The van der Waals surface area contributed by atoms with Crippen molar-refractivity contribution in [1.29, 1.82) is 0 Å². The lowest BCUT2D eigenvalue weighted by molar-refractivity contribution is 0.0317. The van der Waals surface area contributed by atoms with Crippen LogP contribution in [0.3, 0.4) is 0 Å². The predicted octanol–water partition coefficient (Wildman–Crippen LogP) is 1.94. The minimum Gasteiger partial charge on any atom is -0.458 e. The topological polar surface area (TPSA) is 68.1 Å². The number of nitrogen functional groups attached to an aromatic ring is 1. The lowest BCUT2D eigenvalue weighted by atomic mass is 10.2. The molecular formula is C10H16N2O2. The summed E-state index contributed by atoms with van der Waals surface area (Å²) < 4.78 is 5.16. The molecule has 14 heavy (non-hydrogen) atoms. The highest BCUT2D eigenvalue weighted by Gasteiger charge is 2.12. The maximum atomic E-state index is 11.4. The van der Waals surface area contributed by atoms with Crippen molar-refractivity contribution in [3.8, 4) is 0 Å². The van der Waals surface area contributed by atoms with Crippen LogP contribution >= 0.6 is 0 Å². The number of aromatic nitrogens is 1. The van der Waals surface area contributed by atoms with Crippen LogP contribution in [0, 0.1) is 0 Å². The molecule has 1 aromatic rings. The molecule has 0 saturated carbocycles. The summed E-state index contributed by atoms with van der Waals surface area (Å²) in [6, 6.07) is 1.57.